The highest BCUT2D eigenvalue weighted by Gasteiger charge is 2.19. The Morgan fingerprint density at radius 3 is 2.14 bits per heavy atom. The molecule has 0 fully saturated rings. The first-order valence-corrected chi connectivity index (χ1v) is 6.54. The van der Waals surface area contributed by atoms with Crippen molar-refractivity contribution in [2.45, 2.75) is 13.3 Å². The maximum atomic E-state index is 11.9. The maximum Gasteiger partial charge on any atom is 0.277 e. The number of hydrazine groups is 1. The van der Waals surface area contributed by atoms with Gasteiger partial charge in [0.2, 0.25) is 0 Å². The van der Waals surface area contributed by atoms with Crippen LogP contribution in [0.25, 0.3) is 0 Å². The minimum Gasteiger partial charge on any atom is -0.361 e. The van der Waals surface area contributed by atoms with Gasteiger partial charge in [-0.05, 0) is 18.6 Å². The summed E-state index contributed by atoms with van der Waals surface area (Å²) < 4.78 is 0. The summed E-state index contributed by atoms with van der Waals surface area (Å²) in [5.74, 6) is -0.785. The molecular weight excluding hydrogens is 314 g/mol. The van der Waals surface area contributed by atoms with E-state index in [1.54, 1.807) is 0 Å². The molecule has 0 atom stereocenters. The fraction of sp³-hybridized carbons (Fsp3) is 0.273. The predicted octanol–water partition coefficient (Wildman–Crippen LogP) is 1.02. The first-order chi connectivity index (χ1) is 10.3. The Kier molecular flexibility index (Phi) is 6.13. The molecule has 3 N–H and O–H groups in total. The van der Waals surface area contributed by atoms with Crippen molar-refractivity contribution in [1.29, 1.82) is 0 Å². The highest BCUT2D eigenvalue weighted by atomic mass is 32.1. The van der Waals surface area contributed by atoms with Crippen molar-refractivity contribution in [2.75, 3.05) is 6.54 Å². The van der Waals surface area contributed by atoms with Crippen molar-refractivity contribution in [3.63, 3.8) is 0 Å². The second-order valence-corrected chi connectivity index (χ2v) is 4.50. The number of rotatable bonds is 5. The summed E-state index contributed by atoms with van der Waals surface area (Å²) in [5, 5.41) is 24.4. The zero-order chi connectivity index (χ0) is 16.7. The number of amides is 1. The zero-order valence-electron chi connectivity index (χ0n) is 11.5. The second-order valence-electron chi connectivity index (χ2n) is 4.09. The Labute approximate surface area is 130 Å². The molecular formula is C11H13N5O5S. The summed E-state index contributed by atoms with van der Waals surface area (Å²) in [7, 11) is 0. The molecule has 0 saturated heterocycles. The Bertz CT molecular complexity index is 589. The van der Waals surface area contributed by atoms with Gasteiger partial charge in [-0.2, -0.15) is 0 Å². The fourth-order valence-electron chi connectivity index (χ4n) is 1.41. The Morgan fingerprint density at radius 2 is 1.68 bits per heavy atom. The summed E-state index contributed by atoms with van der Waals surface area (Å²) in [6.45, 7) is 2.53. The van der Waals surface area contributed by atoms with Crippen LogP contribution in [0.15, 0.2) is 18.2 Å². The summed E-state index contributed by atoms with van der Waals surface area (Å²) >= 11 is 4.87. The van der Waals surface area contributed by atoms with Gasteiger partial charge in [-0.1, -0.05) is 6.92 Å². The minimum atomic E-state index is -0.815. The molecule has 0 aliphatic rings. The van der Waals surface area contributed by atoms with Crippen LogP contribution in [-0.4, -0.2) is 27.4 Å². The van der Waals surface area contributed by atoms with Gasteiger partial charge in [0.1, 0.15) is 0 Å². The summed E-state index contributed by atoms with van der Waals surface area (Å²) in [6, 6.07) is 2.65. The number of non-ortho nitro benzene ring substituents is 2. The predicted molar refractivity (Wildman–Crippen MR) is 81.2 cm³/mol. The van der Waals surface area contributed by atoms with Crippen LogP contribution in [0, 0.1) is 20.2 Å². The molecule has 0 spiro atoms. The number of carbonyl (C=O) groups excluding carboxylic acids is 1. The average molecular weight is 327 g/mol. The number of nitrogens with zero attached hydrogens (tertiary/aromatic N) is 2. The van der Waals surface area contributed by atoms with E-state index < -0.39 is 27.1 Å². The molecule has 0 heterocycles. The van der Waals surface area contributed by atoms with E-state index in [-0.39, 0.29) is 10.7 Å². The van der Waals surface area contributed by atoms with Crippen LogP contribution < -0.4 is 16.2 Å². The fourth-order valence-corrected chi connectivity index (χ4v) is 1.56. The van der Waals surface area contributed by atoms with Crippen LogP contribution in [0.1, 0.15) is 23.7 Å². The first-order valence-electron chi connectivity index (χ1n) is 6.13. The molecule has 1 amide bonds. The number of thiocarbonyl (C=S) groups is 1. The second kappa shape index (κ2) is 7.83. The van der Waals surface area contributed by atoms with Crippen molar-refractivity contribution < 1.29 is 14.6 Å². The molecule has 1 aromatic rings. The first kappa shape index (κ1) is 17.2. The van der Waals surface area contributed by atoms with Crippen LogP contribution >= 0.6 is 12.2 Å². The van der Waals surface area contributed by atoms with Gasteiger partial charge in [0.15, 0.2) is 5.11 Å². The highest BCUT2D eigenvalue weighted by Crippen LogP contribution is 2.22. The van der Waals surface area contributed by atoms with E-state index in [9.17, 15) is 25.0 Å². The molecule has 0 saturated carbocycles. The molecule has 22 heavy (non-hydrogen) atoms. The van der Waals surface area contributed by atoms with E-state index in [0.717, 1.165) is 24.6 Å². The molecule has 10 nitrogen and oxygen atoms in total. The van der Waals surface area contributed by atoms with Gasteiger partial charge in [-0.15, -0.1) is 0 Å². The van der Waals surface area contributed by atoms with E-state index in [4.69, 9.17) is 12.2 Å². The highest BCUT2D eigenvalue weighted by molar-refractivity contribution is 7.80. The van der Waals surface area contributed by atoms with Crippen molar-refractivity contribution in [3.05, 3.63) is 44.0 Å². The lowest BCUT2D eigenvalue weighted by atomic mass is 10.1. The van der Waals surface area contributed by atoms with Gasteiger partial charge in [0.25, 0.3) is 17.3 Å². The van der Waals surface area contributed by atoms with Crippen LogP contribution in [-0.2, 0) is 0 Å². The normalized spacial score (nSPS) is 9.68. The molecule has 0 aliphatic heterocycles. The largest absolute Gasteiger partial charge is 0.361 e. The quantitative estimate of drug-likeness (QED) is 0.414. The van der Waals surface area contributed by atoms with Crippen LogP contribution in [0.5, 0.6) is 0 Å². The van der Waals surface area contributed by atoms with Crippen LogP contribution in [0.3, 0.4) is 0 Å². The number of nitro groups is 2. The van der Waals surface area contributed by atoms with Gasteiger partial charge in [0.05, 0.1) is 21.5 Å². The zero-order valence-corrected chi connectivity index (χ0v) is 12.3. The lowest BCUT2D eigenvalue weighted by molar-refractivity contribution is -0.394. The third kappa shape index (κ3) is 4.94. The van der Waals surface area contributed by atoms with Crippen molar-refractivity contribution >= 4 is 34.6 Å². The number of carbonyl (C=O) groups is 1. The van der Waals surface area contributed by atoms with Crippen LogP contribution in [0.4, 0.5) is 11.4 Å². The number of benzene rings is 1. The van der Waals surface area contributed by atoms with Crippen LogP contribution in [0.2, 0.25) is 0 Å². The summed E-state index contributed by atoms with van der Waals surface area (Å²) in [5.41, 5.74) is 3.27. The number of nitro benzene ring substituents is 2. The summed E-state index contributed by atoms with van der Waals surface area (Å²) in [4.78, 5) is 31.7. The van der Waals surface area contributed by atoms with Crippen molar-refractivity contribution in [2.24, 2.45) is 0 Å². The van der Waals surface area contributed by atoms with E-state index in [1.807, 2.05) is 6.92 Å². The van der Waals surface area contributed by atoms with Crippen molar-refractivity contribution in [3.8, 4) is 0 Å². The monoisotopic (exact) mass is 327 g/mol. The van der Waals surface area contributed by atoms with E-state index in [2.05, 4.69) is 16.2 Å². The standard InChI is InChI=1S/C11H13N5O5S/c1-2-3-12-11(22)14-13-10(17)7-4-8(15(18)19)6-9(5-7)16(20)21/h4-6H,2-3H2,1H3,(H,13,17)(H2,12,14,22). The maximum absolute atomic E-state index is 11.9. The van der Waals surface area contributed by atoms with E-state index in [1.165, 1.54) is 0 Å². The smallest absolute Gasteiger partial charge is 0.277 e. The Hall–Kier alpha value is -2.82. The minimum absolute atomic E-state index is 0.162. The van der Waals surface area contributed by atoms with Gasteiger partial charge in [-0.25, -0.2) is 0 Å². The lowest BCUT2D eigenvalue weighted by Gasteiger charge is -2.10. The lowest BCUT2D eigenvalue weighted by Crippen LogP contribution is -2.46. The molecule has 118 valence electrons. The molecule has 1 rings (SSSR count). The van der Waals surface area contributed by atoms with Gasteiger partial charge in [-0.3, -0.25) is 35.9 Å². The van der Waals surface area contributed by atoms with Gasteiger partial charge in [0, 0.05) is 18.7 Å². The number of hydrogen-bond donors (Lipinski definition) is 3. The van der Waals surface area contributed by atoms with Gasteiger partial charge < -0.3 is 5.32 Å². The molecule has 0 bridgehead atoms. The van der Waals surface area contributed by atoms with Gasteiger partial charge >= 0.3 is 0 Å². The topological polar surface area (TPSA) is 139 Å². The molecule has 0 aromatic heterocycles. The molecule has 1 aromatic carbocycles. The molecule has 11 heteroatoms. The molecule has 0 radical (unpaired) electrons. The molecule has 0 unspecified atom stereocenters. The third-order valence-electron chi connectivity index (χ3n) is 2.41. The van der Waals surface area contributed by atoms with E-state index >= 15 is 0 Å². The third-order valence-corrected chi connectivity index (χ3v) is 2.66. The Morgan fingerprint density at radius 1 is 1.14 bits per heavy atom. The SMILES string of the molecule is CCCNC(=S)NNC(=O)c1cc([N+](=O)[O-])cc([N+](=O)[O-])c1. The summed E-state index contributed by atoms with van der Waals surface area (Å²) in [6.07, 6.45) is 0.826. The van der Waals surface area contributed by atoms with E-state index in [0.29, 0.717) is 6.54 Å². The Balaban J connectivity index is 2.86. The van der Waals surface area contributed by atoms with Crippen molar-refractivity contribution in [1.82, 2.24) is 16.2 Å². The number of nitrogens with one attached hydrogen (secondary N) is 3. The molecule has 0 aliphatic carbocycles. The average Bonchev–Trinajstić information content (AvgIpc) is 2.49. The number of hydrogen-bond acceptors (Lipinski definition) is 6.